The normalized spacial score (nSPS) is 7.81. The molecule has 0 spiro atoms. The van der Waals surface area contributed by atoms with Crippen molar-refractivity contribution in [2.24, 2.45) is 0 Å². The molecule has 2 aromatic rings. The molecule has 0 saturated heterocycles. The number of H-pyrrole nitrogens is 2. The fourth-order valence-electron chi connectivity index (χ4n) is 0.860. The number of anilines is 1. The SMILES string of the molecule is Nc1nc2nc[nH]c2c(=O)[nH]1.O.O.O=[N+]([O-])O.O=[N+]([O-])O. The fourth-order valence-corrected chi connectivity index (χ4v) is 0.860. The highest BCUT2D eigenvalue weighted by Crippen LogP contribution is 1.98. The first-order chi connectivity index (χ1) is 8.73. The molecule has 0 unspecified atom stereocenters. The second kappa shape index (κ2) is 10.4. The molecule has 10 N–H and O–H groups in total. The lowest BCUT2D eigenvalue weighted by molar-refractivity contribution is -0.742. The Labute approximate surface area is 112 Å². The zero-order valence-electron chi connectivity index (χ0n) is 9.88. The van der Waals surface area contributed by atoms with Gasteiger partial charge in [-0.3, -0.25) is 9.78 Å². The highest BCUT2D eigenvalue weighted by atomic mass is 16.9. The molecule has 16 heteroatoms. The largest absolute Gasteiger partial charge is 0.412 e. The molecule has 2 rings (SSSR count). The van der Waals surface area contributed by atoms with Gasteiger partial charge in [-0.1, -0.05) is 0 Å². The highest BCUT2D eigenvalue weighted by molar-refractivity contribution is 5.69. The Morgan fingerprint density at radius 1 is 1.19 bits per heavy atom. The maximum absolute atomic E-state index is 11.0. The number of rotatable bonds is 0. The Morgan fingerprint density at radius 2 is 1.62 bits per heavy atom. The predicted octanol–water partition coefficient (Wildman–Crippen LogP) is -3.12. The van der Waals surface area contributed by atoms with E-state index in [1.807, 2.05) is 0 Å². The van der Waals surface area contributed by atoms with Crippen LogP contribution in [0.1, 0.15) is 0 Å². The number of nitrogens with two attached hydrogens (primary N) is 1. The van der Waals surface area contributed by atoms with Crippen LogP contribution in [0.15, 0.2) is 11.1 Å². The maximum atomic E-state index is 11.0. The van der Waals surface area contributed by atoms with Crippen LogP contribution in [-0.2, 0) is 0 Å². The smallest absolute Gasteiger partial charge is 0.291 e. The summed E-state index contributed by atoms with van der Waals surface area (Å²) in [5, 5.41) is 27.3. The average Bonchev–Trinajstić information content (AvgIpc) is 2.63. The molecule has 2 heterocycles. The number of hydrogen-bond donors (Lipinski definition) is 5. The van der Waals surface area contributed by atoms with Crippen LogP contribution in [0.3, 0.4) is 0 Å². The number of aromatic amines is 2. The Hall–Kier alpha value is -3.53. The summed E-state index contributed by atoms with van der Waals surface area (Å²) in [5.41, 5.74) is 5.65. The Morgan fingerprint density at radius 3 is 2.05 bits per heavy atom. The van der Waals surface area contributed by atoms with Gasteiger partial charge in [-0.25, -0.2) is 4.98 Å². The van der Waals surface area contributed by atoms with Crippen molar-refractivity contribution in [2.45, 2.75) is 0 Å². The van der Waals surface area contributed by atoms with E-state index in [0.717, 1.165) is 0 Å². The predicted molar refractivity (Wildman–Crippen MR) is 63.7 cm³/mol. The fraction of sp³-hybridized carbons (Fsp3) is 0. The molecular weight excluding hydrogens is 302 g/mol. The van der Waals surface area contributed by atoms with Gasteiger partial charge in [0.2, 0.25) is 5.95 Å². The average molecular weight is 313 g/mol. The summed E-state index contributed by atoms with van der Waals surface area (Å²) in [6.45, 7) is 0. The topological polar surface area (TPSA) is 290 Å². The van der Waals surface area contributed by atoms with Crippen molar-refractivity contribution >= 4 is 17.1 Å². The summed E-state index contributed by atoms with van der Waals surface area (Å²) >= 11 is 0. The summed E-state index contributed by atoms with van der Waals surface area (Å²) in [7, 11) is 0. The summed E-state index contributed by atoms with van der Waals surface area (Å²) in [6, 6.07) is 0. The van der Waals surface area contributed by atoms with Crippen LogP contribution in [0, 0.1) is 20.2 Å². The molecule has 0 amide bonds. The zero-order chi connectivity index (χ0) is 15.0. The molecule has 2 aromatic heterocycles. The molecule has 0 aliphatic rings. The van der Waals surface area contributed by atoms with E-state index in [4.69, 9.17) is 36.4 Å². The van der Waals surface area contributed by atoms with Crippen LogP contribution in [-0.4, -0.2) is 51.5 Å². The summed E-state index contributed by atoms with van der Waals surface area (Å²) in [6.07, 6.45) is 1.40. The first-order valence-electron chi connectivity index (χ1n) is 4.09. The summed E-state index contributed by atoms with van der Waals surface area (Å²) in [4.78, 5) is 40.3. The van der Waals surface area contributed by atoms with E-state index >= 15 is 0 Å². The minimum atomic E-state index is -1.50. The number of nitrogens with zero attached hydrogens (tertiary/aromatic N) is 4. The number of fused-ring (bicyclic) bond motifs is 1. The molecule has 0 bridgehead atoms. The van der Waals surface area contributed by atoms with Gasteiger partial charge in [0.15, 0.2) is 11.2 Å². The minimum absolute atomic E-state index is 0. The van der Waals surface area contributed by atoms with Gasteiger partial charge in [0.25, 0.3) is 15.7 Å². The Balaban J connectivity index is -0.000000280. The molecule has 0 aliphatic carbocycles. The quantitative estimate of drug-likeness (QED) is 0.240. The third-order valence-corrected chi connectivity index (χ3v) is 1.31. The van der Waals surface area contributed by atoms with E-state index in [2.05, 4.69) is 19.9 Å². The van der Waals surface area contributed by atoms with Gasteiger partial charge in [0.1, 0.15) is 0 Å². The number of hydrogen-bond acceptors (Lipinski definition) is 8. The lowest BCUT2D eigenvalue weighted by Crippen LogP contribution is -2.10. The van der Waals surface area contributed by atoms with Crippen molar-refractivity contribution in [1.82, 2.24) is 19.9 Å². The molecular formula is C5H11N7O9. The number of nitrogens with one attached hydrogen (secondary N) is 2. The molecule has 120 valence electrons. The maximum Gasteiger partial charge on any atom is 0.291 e. The standard InChI is InChI=1S/C5H5N5O.2HNO3.2H2O/c6-5-9-3-2(4(11)10-5)7-1-8-3;2*2-1(3)4;;/h1H,(H4,6,7,8,9,10,11);2*(H,2,3,4);2*1H2. The first-order valence-corrected chi connectivity index (χ1v) is 4.09. The second-order valence-corrected chi connectivity index (χ2v) is 2.53. The third kappa shape index (κ3) is 10.1. The Kier molecular flexibility index (Phi) is 11.2. The number of nitrogen functional groups attached to an aromatic ring is 1. The van der Waals surface area contributed by atoms with Crippen molar-refractivity contribution in [3.63, 3.8) is 0 Å². The van der Waals surface area contributed by atoms with E-state index < -0.39 is 10.2 Å². The highest BCUT2D eigenvalue weighted by Gasteiger charge is 2.01. The Bertz CT molecular complexity index is 600. The van der Waals surface area contributed by atoms with E-state index in [-0.39, 0.29) is 22.5 Å². The molecule has 21 heavy (non-hydrogen) atoms. The van der Waals surface area contributed by atoms with E-state index in [1.54, 1.807) is 0 Å². The van der Waals surface area contributed by atoms with Gasteiger partial charge in [-0.2, -0.15) is 4.98 Å². The van der Waals surface area contributed by atoms with E-state index in [1.165, 1.54) is 6.33 Å². The van der Waals surface area contributed by atoms with Gasteiger partial charge in [0.05, 0.1) is 6.33 Å². The molecule has 0 atom stereocenters. The first kappa shape index (κ1) is 22.6. The van der Waals surface area contributed by atoms with Crippen LogP contribution in [0.4, 0.5) is 5.95 Å². The monoisotopic (exact) mass is 313 g/mol. The molecule has 0 saturated carbocycles. The molecule has 16 nitrogen and oxygen atoms in total. The lowest BCUT2D eigenvalue weighted by atomic mass is 10.5. The van der Waals surface area contributed by atoms with Crippen molar-refractivity contribution in [2.75, 3.05) is 5.73 Å². The van der Waals surface area contributed by atoms with Crippen LogP contribution < -0.4 is 11.3 Å². The number of imidazole rings is 1. The van der Waals surface area contributed by atoms with E-state index in [0.29, 0.717) is 11.2 Å². The van der Waals surface area contributed by atoms with Crippen LogP contribution in [0.25, 0.3) is 11.2 Å². The van der Waals surface area contributed by atoms with Gasteiger partial charge in [-0.05, 0) is 0 Å². The van der Waals surface area contributed by atoms with Crippen molar-refractivity contribution < 1.29 is 31.5 Å². The van der Waals surface area contributed by atoms with Crippen LogP contribution >= 0.6 is 0 Å². The van der Waals surface area contributed by atoms with Crippen molar-refractivity contribution in [1.29, 1.82) is 0 Å². The summed E-state index contributed by atoms with van der Waals surface area (Å²) in [5.74, 6) is 0.0783. The zero-order valence-corrected chi connectivity index (χ0v) is 9.88. The van der Waals surface area contributed by atoms with E-state index in [9.17, 15) is 4.79 Å². The molecule has 0 aliphatic heterocycles. The third-order valence-electron chi connectivity index (χ3n) is 1.31. The van der Waals surface area contributed by atoms with Gasteiger partial charge >= 0.3 is 0 Å². The second-order valence-electron chi connectivity index (χ2n) is 2.53. The van der Waals surface area contributed by atoms with Crippen LogP contribution in [0.2, 0.25) is 0 Å². The van der Waals surface area contributed by atoms with Gasteiger partial charge in [0, 0.05) is 0 Å². The molecule has 0 aromatic carbocycles. The lowest BCUT2D eigenvalue weighted by Gasteiger charge is -1.89. The van der Waals surface area contributed by atoms with Crippen molar-refractivity contribution in [3.05, 3.63) is 36.9 Å². The van der Waals surface area contributed by atoms with Crippen molar-refractivity contribution in [3.8, 4) is 0 Å². The summed E-state index contributed by atoms with van der Waals surface area (Å²) < 4.78 is 0. The van der Waals surface area contributed by atoms with Gasteiger partial charge in [-0.15, -0.1) is 20.2 Å². The molecule has 0 fully saturated rings. The minimum Gasteiger partial charge on any atom is -0.412 e. The number of aromatic nitrogens is 4. The molecule has 0 radical (unpaired) electrons. The van der Waals surface area contributed by atoms with Gasteiger partial charge < -0.3 is 32.1 Å². The van der Waals surface area contributed by atoms with Crippen LogP contribution in [0.5, 0.6) is 0 Å².